The number of ether oxygens (including phenoxy) is 2. The summed E-state index contributed by atoms with van der Waals surface area (Å²) in [5.74, 6) is -0.00319. The first-order valence-electron chi connectivity index (χ1n) is 7.19. The molecule has 0 fully saturated rings. The van der Waals surface area contributed by atoms with E-state index in [-0.39, 0.29) is 12.4 Å². The lowest BCUT2D eigenvalue weighted by molar-refractivity contribution is 0.161. The van der Waals surface area contributed by atoms with Gasteiger partial charge in [0.05, 0.1) is 39.3 Å². The Morgan fingerprint density at radius 3 is 2.00 bits per heavy atom. The summed E-state index contributed by atoms with van der Waals surface area (Å²) in [6.07, 6.45) is 0. The average Bonchev–Trinajstić information content (AvgIpc) is 2.51. The quantitative estimate of drug-likeness (QED) is 0.353. The molecular formula is C14H30N2O6S2. The third-order valence-electron chi connectivity index (χ3n) is 2.12. The fourth-order valence-electron chi connectivity index (χ4n) is 1.02. The molecule has 0 radical (unpaired) electrons. The van der Waals surface area contributed by atoms with Crippen molar-refractivity contribution in [1.82, 2.24) is 9.44 Å². The number of nitrogens with one attached hydrogen (secondary N) is 2. The Hall–Kier alpha value is -0.620. The molecule has 0 heterocycles. The summed E-state index contributed by atoms with van der Waals surface area (Å²) in [5, 5.41) is 0. The Morgan fingerprint density at radius 1 is 1.08 bits per heavy atom. The maximum Gasteiger partial charge on any atom is 0.234 e. The lowest BCUT2D eigenvalue weighted by Crippen LogP contribution is -2.24. The van der Waals surface area contributed by atoms with Gasteiger partial charge in [-0.15, -0.1) is 0 Å². The normalized spacial score (nSPS) is 12.2. The molecule has 0 saturated heterocycles. The summed E-state index contributed by atoms with van der Waals surface area (Å²) in [7, 11) is -0.366. The fourth-order valence-corrected chi connectivity index (χ4v) is 1.93. The molecule has 10 heteroatoms. The molecule has 0 spiro atoms. The molecule has 0 rings (SSSR count). The highest BCUT2D eigenvalue weighted by molar-refractivity contribution is 7.89. The summed E-state index contributed by atoms with van der Waals surface area (Å²) < 4.78 is 51.7. The van der Waals surface area contributed by atoms with Gasteiger partial charge < -0.3 is 9.47 Å². The van der Waals surface area contributed by atoms with Gasteiger partial charge in [0.1, 0.15) is 0 Å². The van der Waals surface area contributed by atoms with Crippen LogP contribution in [0.4, 0.5) is 0 Å². The first-order chi connectivity index (χ1) is 11.1. The average molecular weight is 387 g/mol. The molecule has 0 saturated carbocycles. The van der Waals surface area contributed by atoms with E-state index in [0.717, 1.165) is 11.1 Å². The molecule has 0 aromatic carbocycles. The first-order valence-corrected chi connectivity index (χ1v) is 9.92. The predicted molar refractivity (Wildman–Crippen MR) is 97.3 cm³/mol. The van der Waals surface area contributed by atoms with Crippen LogP contribution in [-0.4, -0.2) is 65.5 Å². The molecule has 1 unspecified atom stereocenters. The number of hydrogen-bond acceptors (Lipinski definition) is 6. The zero-order valence-electron chi connectivity index (χ0n) is 14.9. The summed E-state index contributed by atoms with van der Waals surface area (Å²) in [5.41, 5.74) is 1.86. The van der Waals surface area contributed by atoms with Gasteiger partial charge in [-0.1, -0.05) is 24.3 Å². The Balaban J connectivity index is 0. The molecule has 0 aromatic rings. The third-order valence-corrected chi connectivity index (χ3v) is 4.19. The molecule has 2 N–H and O–H groups in total. The molecule has 8 nitrogen and oxygen atoms in total. The van der Waals surface area contributed by atoms with Gasteiger partial charge in [0.15, 0.2) is 0 Å². The van der Waals surface area contributed by atoms with Crippen LogP contribution in [0.2, 0.25) is 0 Å². The van der Waals surface area contributed by atoms with Crippen LogP contribution in [0, 0.1) is 0 Å². The zero-order chi connectivity index (χ0) is 19.0. The highest BCUT2D eigenvalue weighted by Crippen LogP contribution is 1.89. The third kappa shape index (κ3) is 21.4. The van der Waals surface area contributed by atoms with Gasteiger partial charge in [-0.2, -0.15) is 0 Å². The standard InChI is InChI=1S/2C7H15NO3S/c1-7(2)6-11-5-4-8-12(9)10-3;1-7(2)6-11-4-5-12(9,10)8-3/h2*8H,1,4-6H2,2-3H3. The van der Waals surface area contributed by atoms with Gasteiger partial charge in [-0.05, 0) is 20.9 Å². The van der Waals surface area contributed by atoms with Crippen molar-refractivity contribution in [3.8, 4) is 0 Å². The van der Waals surface area contributed by atoms with E-state index >= 15 is 0 Å². The number of hydrogen-bond donors (Lipinski definition) is 2. The van der Waals surface area contributed by atoms with E-state index < -0.39 is 21.3 Å². The number of sulfonamides is 1. The predicted octanol–water partition coefficient (Wildman–Crippen LogP) is 0.522. The summed E-state index contributed by atoms with van der Waals surface area (Å²) in [6.45, 7) is 13.2. The minimum atomic E-state index is -3.12. The van der Waals surface area contributed by atoms with E-state index in [2.05, 4.69) is 26.8 Å². The van der Waals surface area contributed by atoms with Crippen molar-refractivity contribution in [2.45, 2.75) is 13.8 Å². The van der Waals surface area contributed by atoms with Crippen molar-refractivity contribution in [1.29, 1.82) is 0 Å². The lowest BCUT2D eigenvalue weighted by atomic mass is 10.4. The second-order valence-electron chi connectivity index (χ2n) is 4.84. The van der Waals surface area contributed by atoms with Gasteiger partial charge in [0.25, 0.3) is 0 Å². The molecule has 0 bridgehead atoms. The topological polar surface area (TPSA) is 103 Å². The zero-order valence-corrected chi connectivity index (χ0v) is 16.6. The van der Waals surface area contributed by atoms with E-state index in [1.54, 1.807) is 0 Å². The Morgan fingerprint density at radius 2 is 1.58 bits per heavy atom. The van der Waals surface area contributed by atoms with Crippen LogP contribution in [0.15, 0.2) is 24.3 Å². The summed E-state index contributed by atoms with van der Waals surface area (Å²) in [6, 6.07) is 0. The van der Waals surface area contributed by atoms with Gasteiger partial charge in [-0.25, -0.2) is 22.1 Å². The number of rotatable bonds is 13. The molecule has 0 aliphatic carbocycles. The van der Waals surface area contributed by atoms with Gasteiger partial charge in [0.2, 0.25) is 21.3 Å². The maximum atomic E-state index is 10.8. The fraction of sp³-hybridized carbons (Fsp3) is 0.714. The van der Waals surface area contributed by atoms with Crippen molar-refractivity contribution >= 4 is 21.3 Å². The van der Waals surface area contributed by atoms with E-state index in [4.69, 9.17) is 9.47 Å². The maximum absolute atomic E-state index is 10.8. The van der Waals surface area contributed by atoms with Crippen molar-refractivity contribution in [2.75, 3.05) is 52.9 Å². The van der Waals surface area contributed by atoms with Crippen molar-refractivity contribution in [3.05, 3.63) is 24.3 Å². The van der Waals surface area contributed by atoms with Gasteiger partial charge in [0, 0.05) is 6.54 Å². The highest BCUT2D eigenvalue weighted by atomic mass is 32.2. The monoisotopic (exact) mass is 386 g/mol. The van der Waals surface area contributed by atoms with Crippen LogP contribution in [0.25, 0.3) is 0 Å². The van der Waals surface area contributed by atoms with Gasteiger partial charge in [-0.3, -0.25) is 4.18 Å². The molecule has 144 valence electrons. The molecule has 1 atom stereocenters. The Kier molecular flexibility index (Phi) is 17.0. The van der Waals surface area contributed by atoms with E-state index in [1.165, 1.54) is 14.2 Å². The van der Waals surface area contributed by atoms with Crippen LogP contribution in [0.5, 0.6) is 0 Å². The van der Waals surface area contributed by atoms with Crippen LogP contribution in [-0.2, 0) is 34.9 Å². The Labute approximate surface area is 148 Å². The summed E-state index contributed by atoms with van der Waals surface area (Å²) in [4.78, 5) is 0. The van der Waals surface area contributed by atoms with Crippen LogP contribution < -0.4 is 9.44 Å². The van der Waals surface area contributed by atoms with Crippen LogP contribution >= 0.6 is 0 Å². The van der Waals surface area contributed by atoms with E-state index in [9.17, 15) is 12.6 Å². The molecule has 24 heavy (non-hydrogen) atoms. The minimum Gasteiger partial charge on any atom is -0.376 e. The molecule has 0 aliphatic heterocycles. The first kappa shape index (κ1) is 25.6. The SMILES string of the molecule is C=C(C)COCCNS(=O)OC.C=C(C)COCCS(=O)(=O)NC. The molecule has 0 aromatic heterocycles. The van der Waals surface area contributed by atoms with Crippen molar-refractivity contribution < 1.29 is 26.3 Å². The van der Waals surface area contributed by atoms with Gasteiger partial charge >= 0.3 is 0 Å². The molecular weight excluding hydrogens is 356 g/mol. The highest BCUT2D eigenvalue weighted by Gasteiger charge is 2.05. The van der Waals surface area contributed by atoms with Crippen molar-refractivity contribution in [2.24, 2.45) is 0 Å². The van der Waals surface area contributed by atoms with E-state index in [0.29, 0.717) is 26.4 Å². The minimum absolute atomic E-state index is 0.00319. The smallest absolute Gasteiger partial charge is 0.234 e. The van der Waals surface area contributed by atoms with Crippen LogP contribution in [0.3, 0.4) is 0 Å². The second kappa shape index (κ2) is 15.9. The van der Waals surface area contributed by atoms with Crippen molar-refractivity contribution in [3.63, 3.8) is 0 Å². The molecule has 0 amide bonds. The second-order valence-corrected chi connectivity index (χ2v) is 7.98. The van der Waals surface area contributed by atoms with Crippen LogP contribution in [0.1, 0.15) is 13.8 Å². The lowest BCUT2D eigenvalue weighted by Gasteiger charge is -2.03. The largest absolute Gasteiger partial charge is 0.376 e. The van der Waals surface area contributed by atoms with E-state index in [1.807, 2.05) is 13.8 Å². The molecule has 0 aliphatic rings. The summed E-state index contributed by atoms with van der Waals surface area (Å²) >= 11 is -1.39. The Bertz CT molecular complexity index is 480.